The number of pyridine rings is 4. The summed E-state index contributed by atoms with van der Waals surface area (Å²) in [5.41, 5.74) is 7.00. The molecule has 361 valence electrons. The van der Waals surface area contributed by atoms with Gasteiger partial charge in [0.05, 0.1) is 27.3 Å². The van der Waals surface area contributed by atoms with Crippen LogP contribution in [0.1, 0.15) is 50.5 Å². The number of anilines is 1. The van der Waals surface area contributed by atoms with Crippen molar-refractivity contribution in [2.45, 2.75) is 64.0 Å². The number of aryl methyl sites for hydroxylation is 1. The first-order valence-electron chi connectivity index (χ1n) is 21.8. The van der Waals surface area contributed by atoms with Gasteiger partial charge in [0.15, 0.2) is 0 Å². The molecule has 2 aliphatic rings. The quantitative estimate of drug-likeness (QED) is 0.0565. The molecule has 0 saturated carbocycles. The zero-order valence-electron chi connectivity index (χ0n) is 37.5. The molecule has 0 spiro atoms. The van der Waals surface area contributed by atoms with E-state index < -0.39 is 57.6 Å². The standard InChI is InChI=1S/C28H34N6O9S.2C11H8N.Ir/c1-18-9-12-29-20(15-18)21-16-19(10-13-30-21)33-14-4-5-23(33)28(39)32-22(17-44(40,41)42)27(38)31-11-3-2-6-26(37)43-34-24(35)7-8-25(34)36;2*1-2-6-10(7-3-1)11-8-4-5-9-12-11;/h9-10,12-13,15-16,22-23H,2-8,11,14,17H2,1H3,(H,31,38)(H,32,39)(H,40,41,42);2*1-6,8-9H;/q;2*-1;/p-1. The Morgan fingerprint density at radius 2 is 1.35 bits per heavy atom. The fourth-order valence-corrected chi connectivity index (χ4v) is 7.74. The van der Waals surface area contributed by atoms with Crippen molar-refractivity contribution < 1.29 is 61.9 Å². The summed E-state index contributed by atoms with van der Waals surface area (Å²) < 4.78 is 34.7. The molecule has 2 aliphatic heterocycles. The van der Waals surface area contributed by atoms with E-state index in [2.05, 4.69) is 42.7 Å². The largest absolute Gasteiger partial charge is 0.748 e. The number of hydrogen-bond acceptors (Lipinski definition) is 14. The molecule has 2 unspecified atom stereocenters. The van der Waals surface area contributed by atoms with Crippen LogP contribution in [0.3, 0.4) is 0 Å². The van der Waals surface area contributed by atoms with Crippen LogP contribution in [0.4, 0.5) is 5.69 Å². The molecule has 0 bridgehead atoms. The van der Waals surface area contributed by atoms with Gasteiger partial charge in [-0.2, -0.15) is 0 Å². The third-order valence-electron chi connectivity index (χ3n) is 10.4. The number of nitrogens with zero attached hydrogens (tertiary/aromatic N) is 6. The van der Waals surface area contributed by atoms with E-state index in [0.717, 1.165) is 28.1 Å². The van der Waals surface area contributed by atoms with Crippen molar-refractivity contribution >= 4 is 45.4 Å². The summed E-state index contributed by atoms with van der Waals surface area (Å²) in [4.78, 5) is 84.9. The predicted octanol–water partition coefficient (Wildman–Crippen LogP) is 5.44. The molecule has 19 heteroatoms. The number of carbonyl (C=O) groups excluding carboxylic acids is 5. The number of rotatable bonds is 15. The Morgan fingerprint density at radius 1 is 0.768 bits per heavy atom. The molecule has 2 N–H and O–H groups in total. The van der Waals surface area contributed by atoms with Gasteiger partial charge < -0.3 is 34.9 Å². The van der Waals surface area contributed by atoms with E-state index in [1.165, 1.54) is 0 Å². The van der Waals surface area contributed by atoms with E-state index in [1.807, 2.05) is 109 Å². The van der Waals surface area contributed by atoms with Crippen molar-refractivity contribution in [1.82, 2.24) is 35.6 Å². The SMILES string of the molecule is Cc1ccnc(-c2cc(N3CCCC3C(=O)NC(CS(=O)(=O)[O-])C(=O)NCCCCC(=O)ON3C(=O)CCC3=O)ccn2)c1.[Ir].[c-]1ccccc1-c1ccccn1.[c-]1ccccc1-c1ccccn1. The maximum atomic E-state index is 13.3. The van der Waals surface area contributed by atoms with Crippen molar-refractivity contribution in [3.63, 3.8) is 0 Å². The molecule has 2 fully saturated rings. The van der Waals surface area contributed by atoms with Crippen LogP contribution in [0.25, 0.3) is 33.9 Å². The molecule has 2 atom stereocenters. The Morgan fingerprint density at radius 3 is 1.90 bits per heavy atom. The minimum absolute atomic E-state index is 0. The van der Waals surface area contributed by atoms with E-state index >= 15 is 0 Å². The fourth-order valence-electron chi connectivity index (χ4n) is 7.10. The van der Waals surface area contributed by atoms with Gasteiger partial charge in [-0.1, -0.05) is 24.3 Å². The van der Waals surface area contributed by atoms with Crippen molar-refractivity contribution in [2.24, 2.45) is 0 Å². The molecule has 4 aromatic heterocycles. The smallest absolute Gasteiger partial charge is 0.333 e. The number of hydrogen-bond donors (Lipinski definition) is 2. The molecule has 2 aromatic carbocycles. The van der Waals surface area contributed by atoms with E-state index in [1.54, 1.807) is 36.9 Å². The van der Waals surface area contributed by atoms with Gasteiger partial charge in [-0.25, -0.2) is 13.2 Å². The minimum atomic E-state index is -4.89. The van der Waals surface area contributed by atoms with Gasteiger partial charge in [0, 0.05) is 82.9 Å². The molecular formula is C50H49IrN8O9S-3. The Hall–Kier alpha value is -7.05. The fraction of sp³-hybridized carbons (Fsp3) is 0.260. The molecule has 2 saturated heterocycles. The molecule has 17 nitrogen and oxygen atoms in total. The first kappa shape index (κ1) is 52.9. The van der Waals surface area contributed by atoms with Crippen molar-refractivity contribution in [1.29, 1.82) is 0 Å². The van der Waals surface area contributed by atoms with Gasteiger partial charge in [-0.3, -0.25) is 29.1 Å². The maximum Gasteiger partial charge on any atom is 0.333 e. The summed E-state index contributed by atoms with van der Waals surface area (Å²) in [6.45, 7) is 2.47. The first-order chi connectivity index (χ1) is 32.8. The van der Waals surface area contributed by atoms with Crippen LogP contribution in [0, 0.1) is 19.1 Å². The summed E-state index contributed by atoms with van der Waals surface area (Å²) in [6, 6.07) is 38.6. The van der Waals surface area contributed by atoms with Crippen LogP contribution >= 0.6 is 0 Å². The number of benzene rings is 2. The van der Waals surface area contributed by atoms with Gasteiger partial charge in [0.2, 0.25) is 11.8 Å². The van der Waals surface area contributed by atoms with Crippen molar-refractivity contribution in [3.05, 3.63) is 152 Å². The first-order valence-corrected chi connectivity index (χ1v) is 23.4. The second kappa shape index (κ2) is 26.5. The molecular weight excluding hydrogens is 1080 g/mol. The molecule has 8 rings (SSSR count). The Labute approximate surface area is 414 Å². The second-order valence-electron chi connectivity index (χ2n) is 15.5. The van der Waals surface area contributed by atoms with Crippen LogP contribution in [-0.4, -0.2) is 98.5 Å². The van der Waals surface area contributed by atoms with Crippen LogP contribution in [0.5, 0.6) is 0 Å². The van der Waals surface area contributed by atoms with Gasteiger partial charge in [-0.05, 0) is 86.0 Å². The second-order valence-corrected chi connectivity index (χ2v) is 17.0. The predicted molar refractivity (Wildman–Crippen MR) is 250 cm³/mol. The number of hydroxylamine groups is 2. The van der Waals surface area contributed by atoms with Gasteiger partial charge in [0.25, 0.3) is 11.8 Å². The number of carbonyl (C=O) groups is 5. The van der Waals surface area contributed by atoms with E-state index in [4.69, 9.17) is 4.84 Å². The third-order valence-corrected chi connectivity index (χ3v) is 11.2. The summed E-state index contributed by atoms with van der Waals surface area (Å²) >= 11 is 0. The zero-order valence-corrected chi connectivity index (χ0v) is 40.7. The molecule has 69 heavy (non-hydrogen) atoms. The Bertz CT molecular complexity index is 2580. The van der Waals surface area contributed by atoms with E-state index in [9.17, 15) is 36.9 Å². The Balaban J connectivity index is 0.000000284. The summed E-state index contributed by atoms with van der Waals surface area (Å²) in [6.07, 6.45) is 8.24. The number of aromatic nitrogens is 4. The maximum absolute atomic E-state index is 13.3. The number of imide groups is 1. The van der Waals surface area contributed by atoms with Crippen LogP contribution in [0.2, 0.25) is 0 Å². The zero-order chi connectivity index (χ0) is 48.3. The molecule has 6 aromatic rings. The molecule has 0 aliphatic carbocycles. The molecule has 6 heterocycles. The van der Waals surface area contributed by atoms with Crippen LogP contribution in [0.15, 0.2) is 134 Å². The summed E-state index contributed by atoms with van der Waals surface area (Å²) in [5, 5.41) is 5.36. The van der Waals surface area contributed by atoms with Crippen molar-refractivity contribution in [3.8, 4) is 33.9 Å². The summed E-state index contributed by atoms with van der Waals surface area (Å²) in [7, 11) is -4.89. The molecule has 4 amide bonds. The monoisotopic (exact) mass is 1130 g/mol. The van der Waals surface area contributed by atoms with Crippen LogP contribution in [-0.2, 0) is 59.0 Å². The van der Waals surface area contributed by atoms with Gasteiger partial charge in [0.1, 0.15) is 12.1 Å². The number of nitrogens with one attached hydrogen (secondary N) is 2. The van der Waals surface area contributed by atoms with Crippen LogP contribution < -0.4 is 15.5 Å². The topological polar surface area (TPSA) is 234 Å². The third kappa shape index (κ3) is 16.6. The van der Waals surface area contributed by atoms with Gasteiger partial charge >= 0.3 is 5.97 Å². The normalized spacial score (nSPS) is 14.5. The average molecular weight is 1130 g/mol. The average Bonchev–Trinajstić information content (AvgIpc) is 3.98. The number of amides is 4. The van der Waals surface area contributed by atoms with E-state index in [-0.39, 0.29) is 58.8 Å². The molecule has 1 radical (unpaired) electrons. The van der Waals surface area contributed by atoms with E-state index in [0.29, 0.717) is 41.5 Å². The van der Waals surface area contributed by atoms with Crippen molar-refractivity contribution in [2.75, 3.05) is 23.7 Å². The minimum Gasteiger partial charge on any atom is -0.748 e. The van der Waals surface area contributed by atoms with Gasteiger partial charge in [-0.15, -0.1) is 76.9 Å². The summed E-state index contributed by atoms with van der Waals surface area (Å²) in [5.74, 6) is -4.59. The Kier molecular flexibility index (Phi) is 20.3. The number of unbranched alkanes of at least 4 members (excludes halogenated alkanes) is 1.